The van der Waals surface area contributed by atoms with E-state index in [1.807, 2.05) is 0 Å². The van der Waals surface area contributed by atoms with E-state index in [0.717, 1.165) is 29.7 Å². The summed E-state index contributed by atoms with van der Waals surface area (Å²) in [4.78, 5) is 23.7. The van der Waals surface area contributed by atoms with Crippen LogP contribution in [0.5, 0.6) is 0 Å². The Labute approximate surface area is 163 Å². The number of halogens is 1. The third kappa shape index (κ3) is 3.64. The smallest absolute Gasteiger partial charge is 0.341 e. The lowest BCUT2D eigenvalue weighted by Gasteiger charge is -2.11. The number of nitrogens with zero attached hydrogens (tertiary/aromatic N) is 1. The Morgan fingerprint density at radius 1 is 1.38 bits per heavy atom. The van der Waals surface area contributed by atoms with E-state index in [1.54, 1.807) is 6.07 Å². The summed E-state index contributed by atoms with van der Waals surface area (Å²) in [6.07, 6.45) is 2.78. The van der Waals surface area contributed by atoms with E-state index < -0.39 is 10.9 Å². The second-order valence-corrected chi connectivity index (χ2v) is 7.48. The van der Waals surface area contributed by atoms with Crippen LogP contribution >= 0.6 is 35.2 Å². The van der Waals surface area contributed by atoms with Crippen LogP contribution in [-0.4, -0.2) is 23.1 Å². The van der Waals surface area contributed by atoms with Gasteiger partial charge in [-0.15, -0.1) is 11.3 Å². The number of thiocarbonyl (C=S) groups is 1. The van der Waals surface area contributed by atoms with Gasteiger partial charge in [-0.1, -0.05) is 11.6 Å². The van der Waals surface area contributed by atoms with Gasteiger partial charge in [-0.2, -0.15) is 0 Å². The van der Waals surface area contributed by atoms with Crippen LogP contribution in [0, 0.1) is 10.1 Å². The van der Waals surface area contributed by atoms with E-state index in [0.29, 0.717) is 16.3 Å². The molecule has 0 atom stereocenters. The maximum absolute atomic E-state index is 12.1. The number of hydrogen-bond acceptors (Lipinski definition) is 6. The molecule has 26 heavy (non-hydrogen) atoms. The van der Waals surface area contributed by atoms with E-state index in [-0.39, 0.29) is 15.8 Å². The molecule has 0 fully saturated rings. The number of esters is 1. The van der Waals surface area contributed by atoms with Gasteiger partial charge in [-0.05, 0) is 49.2 Å². The number of hydrogen-bond donors (Lipinski definition) is 2. The molecule has 1 aromatic heterocycles. The summed E-state index contributed by atoms with van der Waals surface area (Å²) in [7, 11) is 1.34. The summed E-state index contributed by atoms with van der Waals surface area (Å²) in [5, 5.41) is 17.7. The Morgan fingerprint density at radius 3 is 2.85 bits per heavy atom. The second-order valence-electron chi connectivity index (χ2n) is 5.56. The van der Waals surface area contributed by atoms with E-state index in [2.05, 4.69) is 10.6 Å². The molecular weight excluding hydrogens is 398 g/mol. The summed E-state index contributed by atoms with van der Waals surface area (Å²) in [6, 6.07) is 4.30. The topological polar surface area (TPSA) is 93.5 Å². The molecule has 0 spiro atoms. The molecule has 3 rings (SSSR count). The molecule has 0 saturated heterocycles. The van der Waals surface area contributed by atoms with Gasteiger partial charge in [0.15, 0.2) is 5.11 Å². The number of nitro groups is 1. The molecule has 10 heteroatoms. The fourth-order valence-electron chi connectivity index (χ4n) is 2.81. The lowest BCUT2D eigenvalue weighted by molar-refractivity contribution is -0.384. The molecule has 0 radical (unpaired) electrons. The van der Waals surface area contributed by atoms with Gasteiger partial charge in [0.25, 0.3) is 5.69 Å². The van der Waals surface area contributed by atoms with Crippen molar-refractivity contribution in [1.29, 1.82) is 0 Å². The van der Waals surface area contributed by atoms with Gasteiger partial charge in [-0.3, -0.25) is 10.1 Å². The highest BCUT2D eigenvalue weighted by Crippen LogP contribution is 2.39. The van der Waals surface area contributed by atoms with Crippen molar-refractivity contribution in [2.75, 3.05) is 17.7 Å². The van der Waals surface area contributed by atoms with Gasteiger partial charge in [0, 0.05) is 16.6 Å². The molecule has 0 bridgehead atoms. The second kappa shape index (κ2) is 7.56. The van der Waals surface area contributed by atoms with Crippen molar-refractivity contribution >= 4 is 62.6 Å². The summed E-state index contributed by atoms with van der Waals surface area (Å²) < 4.78 is 4.89. The van der Waals surface area contributed by atoms with Gasteiger partial charge in [0.2, 0.25) is 0 Å². The Kier molecular flexibility index (Phi) is 5.40. The van der Waals surface area contributed by atoms with Crippen molar-refractivity contribution in [3.8, 4) is 0 Å². The van der Waals surface area contributed by atoms with E-state index in [9.17, 15) is 14.9 Å². The van der Waals surface area contributed by atoms with Gasteiger partial charge < -0.3 is 15.4 Å². The molecule has 0 aliphatic heterocycles. The number of methoxy groups -OCH3 is 1. The molecule has 1 aliphatic carbocycles. The van der Waals surface area contributed by atoms with Crippen LogP contribution in [0.25, 0.3) is 0 Å². The van der Waals surface area contributed by atoms with Crippen molar-refractivity contribution in [1.82, 2.24) is 0 Å². The zero-order valence-electron chi connectivity index (χ0n) is 13.6. The maximum Gasteiger partial charge on any atom is 0.341 e. The number of ether oxygens (including phenoxy) is 1. The number of carbonyl (C=O) groups is 1. The number of anilines is 2. The number of fused-ring (bicyclic) bond motifs is 1. The van der Waals surface area contributed by atoms with Crippen LogP contribution in [0.1, 0.15) is 27.2 Å². The van der Waals surface area contributed by atoms with Gasteiger partial charge in [0.05, 0.1) is 17.6 Å². The Balaban J connectivity index is 1.80. The largest absolute Gasteiger partial charge is 0.465 e. The first kappa shape index (κ1) is 18.6. The van der Waals surface area contributed by atoms with Crippen molar-refractivity contribution in [2.24, 2.45) is 0 Å². The van der Waals surface area contributed by atoms with Gasteiger partial charge in [-0.25, -0.2) is 4.79 Å². The number of benzene rings is 1. The van der Waals surface area contributed by atoms with Crippen LogP contribution in [-0.2, 0) is 17.6 Å². The van der Waals surface area contributed by atoms with Crippen LogP contribution in [0.2, 0.25) is 5.02 Å². The van der Waals surface area contributed by atoms with Crippen molar-refractivity contribution in [3.63, 3.8) is 0 Å². The quantitative estimate of drug-likeness (QED) is 0.333. The van der Waals surface area contributed by atoms with Crippen molar-refractivity contribution in [2.45, 2.75) is 19.3 Å². The lowest BCUT2D eigenvalue weighted by Crippen LogP contribution is -2.20. The average Bonchev–Trinajstić information content (AvgIpc) is 3.16. The fourth-order valence-corrected chi connectivity index (χ4v) is 4.56. The highest BCUT2D eigenvalue weighted by Gasteiger charge is 2.27. The molecule has 0 amide bonds. The molecule has 0 saturated carbocycles. The molecule has 1 aromatic carbocycles. The first-order chi connectivity index (χ1) is 12.4. The number of nitro benzene ring substituents is 1. The Hall–Kier alpha value is -2.23. The molecular formula is C16H14ClN3O4S2. The fraction of sp³-hybridized carbons (Fsp3) is 0.250. The zero-order valence-corrected chi connectivity index (χ0v) is 16.0. The normalized spacial score (nSPS) is 12.4. The van der Waals surface area contributed by atoms with E-state index >= 15 is 0 Å². The van der Waals surface area contributed by atoms with E-state index in [4.69, 9.17) is 28.6 Å². The Bertz CT molecular complexity index is 913. The minimum Gasteiger partial charge on any atom is -0.465 e. The zero-order chi connectivity index (χ0) is 18.8. The number of nitrogens with one attached hydrogen (secondary N) is 2. The highest BCUT2D eigenvalue weighted by atomic mass is 35.5. The lowest BCUT2D eigenvalue weighted by atomic mass is 10.1. The van der Waals surface area contributed by atoms with Gasteiger partial charge in [0.1, 0.15) is 10.0 Å². The number of aryl methyl sites for hydroxylation is 1. The first-order valence-electron chi connectivity index (χ1n) is 7.65. The monoisotopic (exact) mass is 411 g/mol. The van der Waals surface area contributed by atoms with E-state index in [1.165, 1.54) is 30.6 Å². The molecule has 136 valence electrons. The predicted molar refractivity (Wildman–Crippen MR) is 106 cm³/mol. The summed E-state index contributed by atoms with van der Waals surface area (Å²) in [5.74, 6) is -0.406. The minimum absolute atomic E-state index is 0.0436. The highest BCUT2D eigenvalue weighted by molar-refractivity contribution is 7.80. The third-order valence-corrected chi connectivity index (χ3v) is 5.67. The Morgan fingerprint density at radius 2 is 2.15 bits per heavy atom. The number of thiophene rings is 1. The van der Waals surface area contributed by atoms with Crippen LogP contribution in [0.4, 0.5) is 16.4 Å². The summed E-state index contributed by atoms with van der Waals surface area (Å²) >= 11 is 12.6. The standard InChI is InChI=1S/C16H14ClN3O4S2/c1-24-15(21)13-9-3-2-4-12(9)26-14(13)19-16(25)18-8-5-6-10(17)11(7-8)20(22)23/h5-7H,2-4H2,1H3,(H2,18,19,25). The molecule has 7 nitrogen and oxygen atoms in total. The van der Waals surface area contributed by atoms with Crippen LogP contribution in [0.3, 0.4) is 0 Å². The molecule has 2 N–H and O–H groups in total. The van der Waals surface area contributed by atoms with Gasteiger partial charge >= 0.3 is 5.97 Å². The van der Waals surface area contributed by atoms with Crippen LogP contribution in [0.15, 0.2) is 18.2 Å². The predicted octanol–water partition coefficient (Wildman–Crippen LogP) is 4.39. The van der Waals surface area contributed by atoms with Crippen molar-refractivity contribution in [3.05, 3.63) is 49.3 Å². The molecule has 2 aromatic rings. The van der Waals surface area contributed by atoms with Crippen LogP contribution < -0.4 is 10.6 Å². The molecule has 1 aliphatic rings. The summed E-state index contributed by atoms with van der Waals surface area (Å²) in [5.41, 5.74) is 1.72. The SMILES string of the molecule is COC(=O)c1c(NC(=S)Nc2ccc(Cl)c([N+](=O)[O-])c2)sc2c1CCC2. The average molecular weight is 412 g/mol. The third-order valence-electron chi connectivity index (χ3n) is 3.94. The number of carbonyl (C=O) groups excluding carboxylic acids is 1. The van der Waals surface area contributed by atoms with Crippen molar-refractivity contribution < 1.29 is 14.5 Å². The molecule has 0 unspecified atom stereocenters. The first-order valence-corrected chi connectivity index (χ1v) is 9.25. The number of rotatable bonds is 4. The molecule has 1 heterocycles. The summed E-state index contributed by atoms with van der Waals surface area (Å²) in [6.45, 7) is 0. The minimum atomic E-state index is -0.566. The maximum atomic E-state index is 12.1.